The van der Waals surface area contributed by atoms with Crippen LogP contribution in [0, 0.1) is 3.57 Å². The Balaban J connectivity index is 3.11. The maximum absolute atomic E-state index is 12.2. The summed E-state index contributed by atoms with van der Waals surface area (Å²) in [5, 5.41) is 3.46. The Kier molecular flexibility index (Phi) is 2.88. The van der Waals surface area contributed by atoms with Gasteiger partial charge in [-0.1, -0.05) is 0 Å². The highest BCUT2D eigenvalue weighted by molar-refractivity contribution is 14.1. The molecule has 13 heavy (non-hydrogen) atoms. The Morgan fingerprint density at radius 3 is 2.23 bits per heavy atom. The minimum absolute atomic E-state index is 0.0513. The molecule has 0 aromatic carbocycles. The standard InChI is InChI=1S/C7H8F3IN2/c1-4(2)13-3-5(11)6(12-13)7(8,9)10/h3-4H,1-2H3. The first-order valence-corrected chi connectivity index (χ1v) is 4.72. The third kappa shape index (κ3) is 2.35. The molecule has 0 saturated carbocycles. The van der Waals surface area contributed by atoms with Gasteiger partial charge in [-0.15, -0.1) is 0 Å². The summed E-state index contributed by atoms with van der Waals surface area (Å²) in [6.45, 7) is 3.56. The second-order valence-electron chi connectivity index (χ2n) is 2.90. The molecular formula is C7H8F3IN2. The van der Waals surface area contributed by atoms with Gasteiger partial charge in [0.25, 0.3) is 0 Å². The maximum Gasteiger partial charge on any atom is 0.436 e. The average Bonchev–Trinajstić information content (AvgIpc) is 2.29. The van der Waals surface area contributed by atoms with Gasteiger partial charge < -0.3 is 0 Å². The molecule has 1 aromatic rings. The van der Waals surface area contributed by atoms with E-state index in [0.29, 0.717) is 0 Å². The number of alkyl halides is 3. The van der Waals surface area contributed by atoms with Gasteiger partial charge in [0.15, 0.2) is 5.69 Å². The minimum Gasteiger partial charge on any atom is -0.269 e. The van der Waals surface area contributed by atoms with Crippen molar-refractivity contribution in [2.24, 2.45) is 0 Å². The van der Waals surface area contributed by atoms with Crippen LogP contribution in [0.3, 0.4) is 0 Å². The number of aromatic nitrogens is 2. The van der Waals surface area contributed by atoms with Gasteiger partial charge in [-0.25, -0.2) is 0 Å². The molecular weight excluding hydrogens is 296 g/mol. The lowest BCUT2D eigenvalue weighted by molar-refractivity contribution is -0.142. The lowest BCUT2D eigenvalue weighted by Gasteiger charge is -2.04. The molecule has 6 heteroatoms. The fourth-order valence-corrected chi connectivity index (χ4v) is 1.53. The van der Waals surface area contributed by atoms with Gasteiger partial charge in [-0.3, -0.25) is 4.68 Å². The topological polar surface area (TPSA) is 17.8 Å². The highest BCUT2D eigenvalue weighted by Crippen LogP contribution is 2.31. The van der Waals surface area contributed by atoms with Crippen molar-refractivity contribution in [3.05, 3.63) is 15.5 Å². The third-order valence-electron chi connectivity index (χ3n) is 1.48. The first-order chi connectivity index (χ1) is 5.82. The number of hydrogen-bond acceptors (Lipinski definition) is 1. The molecule has 2 nitrogen and oxygen atoms in total. The zero-order valence-electron chi connectivity index (χ0n) is 7.06. The van der Waals surface area contributed by atoms with E-state index < -0.39 is 11.9 Å². The minimum atomic E-state index is -4.35. The van der Waals surface area contributed by atoms with E-state index in [1.807, 2.05) is 0 Å². The monoisotopic (exact) mass is 304 g/mol. The summed E-state index contributed by atoms with van der Waals surface area (Å²) in [6.07, 6.45) is -2.95. The molecule has 0 spiro atoms. The molecule has 0 atom stereocenters. The van der Waals surface area contributed by atoms with Crippen molar-refractivity contribution < 1.29 is 13.2 Å². The molecule has 0 aliphatic carbocycles. The molecule has 1 rings (SSSR count). The van der Waals surface area contributed by atoms with Gasteiger partial charge in [0, 0.05) is 12.2 Å². The Hall–Kier alpha value is -0.270. The largest absolute Gasteiger partial charge is 0.436 e. The summed E-state index contributed by atoms with van der Waals surface area (Å²) in [5.74, 6) is 0. The van der Waals surface area contributed by atoms with Gasteiger partial charge in [-0.05, 0) is 36.4 Å². The second-order valence-corrected chi connectivity index (χ2v) is 4.06. The molecule has 0 aliphatic rings. The van der Waals surface area contributed by atoms with Gasteiger partial charge in [0.2, 0.25) is 0 Å². The molecule has 0 aliphatic heterocycles. The van der Waals surface area contributed by atoms with E-state index >= 15 is 0 Å². The van der Waals surface area contributed by atoms with Crippen LogP contribution in [0.4, 0.5) is 13.2 Å². The van der Waals surface area contributed by atoms with Crippen molar-refractivity contribution in [1.82, 2.24) is 9.78 Å². The van der Waals surface area contributed by atoms with Crippen molar-refractivity contribution in [2.75, 3.05) is 0 Å². The van der Waals surface area contributed by atoms with Crippen molar-refractivity contribution in [2.45, 2.75) is 26.1 Å². The first-order valence-electron chi connectivity index (χ1n) is 3.64. The Labute approximate surface area is 87.3 Å². The number of hydrogen-bond donors (Lipinski definition) is 0. The Morgan fingerprint density at radius 1 is 1.46 bits per heavy atom. The molecule has 0 bridgehead atoms. The highest BCUT2D eigenvalue weighted by Gasteiger charge is 2.36. The predicted octanol–water partition coefficient (Wildman–Crippen LogP) is 3.09. The first kappa shape index (κ1) is 10.8. The number of halogens is 4. The highest BCUT2D eigenvalue weighted by atomic mass is 127. The zero-order chi connectivity index (χ0) is 10.2. The molecule has 1 heterocycles. The van der Waals surface area contributed by atoms with Crippen LogP contribution in [-0.2, 0) is 6.18 Å². The molecule has 0 unspecified atom stereocenters. The van der Waals surface area contributed by atoms with E-state index in [1.54, 1.807) is 36.4 Å². The molecule has 0 amide bonds. The van der Waals surface area contributed by atoms with Gasteiger partial charge in [0.1, 0.15) is 0 Å². The molecule has 0 radical (unpaired) electrons. The van der Waals surface area contributed by atoms with Crippen LogP contribution in [0.5, 0.6) is 0 Å². The predicted molar refractivity (Wildman–Crippen MR) is 50.3 cm³/mol. The van der Waals surface area contributed by atoms with Gasteiger partial charge >= 0.3 is 6.18 Å². The molecule has 1 aromatic heterocycles. The fraction of sp³-hybridized carbons (Fsp3) is 0.571. The van der Waals surface area contributed by atoms with E-state index in [9.17, 15) is 13.2 Å². The zero-order valence-corrected chi connectivity index (χ0v) is 9.22. The van der Waals surface area contributed by atoms with Crippen LogP contribution in [0.2, 0.25) is 0 Å². The molecule has 0 N–H and O–H groups in total. The van der Waals surface area contributed by atoms with E-state index in [0.717, 1.165) is 0 Å². The van der Waals surface area contributed by atoms with Gasteiger partial charge in [-0.2, -0.15) is 18.3 Å². The summed E-state index contributed by atoms with van der Waals surface area (Å²) >= 11 is 1.64. The fourth-order valence-electron chi connectivity index (χ4n) is 0.826. The Bertz CT molecular complexity index is 303. The quantitative estimate of drug-likeness (QED) is 0.729. The van der Waals surface area contributed by atoms with E-state index in [4.69, 9.17) is 0 Å². The SMILES string of the molecule is CC(C)n1cc(I)c(C(F)(F)F)n1. The van der Waals surface area contributed by atoms with Gasteiger partial charge in [0.05, 0.1) is 3.57 Å². The van der Waals surface area contributed by atoms with E-state index in [1.165, 1.54) is 10.9 Å². The summed E-state index contributed by atoms with van der Waals surface area (Å²) < 4.78 is 38.2. The third-order valence-corrected chi connectivity index (χ3v) is 2.27. The van der Waals surface area contributed by atoms with Crippen molar-refractivity contribution >= 4 is 22.6 Å². The smallest absolute Gasteiger partial charge is 0.269 e. The summed E-state index contributed by atoms with van der Waals surface area (Å²) in [6, 6.07) is -0.0513. The maximum atomic E-state index is 12.2. The normalized spacial score (nSPS) is 12.5. The molecule has 74 valence electrons. The van der Waals surface area contributed by atoms with Crippen LogP contribution in [0.25, 0.3) is 0 Å². The number of nitrogens with zero attached hydrogens (tertiary/aromatic N) is 2. The van der Waals surface area contributed by atoms with Crippen molar-refractivity contribution in [1.29, 1.82) is 0 Å². The number of rotatable bonds is 1. The van der Waals surface area contributed by atoms with Crippen LogP contribution in [0.1, 0.15) is 25.6 Å². The average molecular weight is 304 g/mol. The van der Waals surface area contributed by atoms with Crippen molar-refractivity contribution in [3.63, 3.8) is 0 Å². The van der Waals surface area contributed by atoms with Crippen LogP contribution < -0.4 is 0 Å². The van der Waals surface area contributed by atoms with E-state index in [-0.39, 0.29) is 9.61 Å². The Morgan fingerprint density at radius 2 is 2.00 bits per heavy atom. The lowest BCUT2D eigenvalue weighted by atomic mass is 10.4. The summed E-state index contributed by atoms with van der Waals surface area (Å²) in [7, 11) is 0. The molecule has 0 saturated heterocycles. The van der Waals surface area contributed by atoms with Crippen molar-refractivity contribution in [3.8, 4) is 0 Å². The molecule has 0 fully saturated rings. The summed E-state index contributed by atoms with van der Waals surface area (Å²) in [4.78, 5) is 0. The second kappa shape index (κ2) is 3.47. The summed E-state index contributed by atoms with van der Waals surface area (Å²) in [5.41, 5.74) is -0.804. The lowest BCUT2D eigenvalue weighted by Crippen LogP contribution is -2.09. The van der Waals surface area contributed by atoms with Crippen LogP contribution >= 0.6 is 22.6 Å². The van der Waals surface area contributed by atoms with Crippen LogP contribution in [-0.4, -0.2) is 9.78 Å². The van der Waals surface area contributed by atoms with E-state index in [2.05, 4.69) is 5.10 Å². The van der Waals surface area contributed by atoms with Crippen LogP contribution in [0.15, 0.2) is 6.20 Å².